The molecule has 0 radical (unpaired) electrons. The van der Waals surface area contributed by atoms with Gasteiger partial charge in [-0.2, -0.15) is 0 Å². The number of nitrogens with zero attached hydrogens (tertiary/aromatic N) is 1. The third-order valence-electron chi connectivity index (χ3n) is 4.13. The van der Waals surface area contributed by atoms with Crippen LogP contribution in [-0.2, 0) is 9.53 Å². The van der Waals surface area contributed by atoms with Crippen molar-refractivity contribution in [1.29, 1.82) is 0 Å². The van der Waals surface area contributed by atoms with Gasteiger partial charge < -0.3 is 9.64 Å². The Kier molecular flexibility index (Phi) is 4.59. The van der Waals surface area contributed by atoms with Gasteiger partial charge in [0.25, 0.3) is 0 Å². The highest BCUT2D eigenvalue weighted by Crippen LogP contribution is 2.37. The summed E-state index contributed by atoms with van der Waals surface area (Å²) in [5.74, 6) is 0.656. The predicted molar refractivity (Wildman–Crippen MR) is 76.1 cm³/mol. The van der Waals surface area contributed by atoms with Crippen LogP contribution < -0.4 is 0 Å². The van der Waals surface area contributed by atoms with Crippen LogP contribution in [0.3, 0.4) is 0 Å². The van der Waals surface area contributed by atoms with Gasteiger partial charge in [0.15, 0.2) is 0 Å². The molecule has 1 aromatic rings. The van der Waals surface area contributed by atoms with Gasteiger partial charge >= 0.3 is 0 Å². The summed E-state index contributed by atoms with van der Waals surface area (Å²) in [5, 5.41) is 0. The maximum absolute atomic E-state index is 12.2. The highest BCUT2D eigenvalue weighted by molar-refractivity contribution is 5.77. The minimum absolute atomic E-state index is 0.209. The van der Waals surface area contributed by atoms with Crippen molar-refractivity contribution >= 4 is 5.91 Å². The molecule has 0 aliphatic carbocycles. The molecule has 1 amide bonds. The normalized spacial score (nSPS) is 26.7. The van der Waals surface area contributed by atoms with E-state index in [0.29, 0.717) is 25.0 Å². The standard InChI is InChI=1S/C16H23NO2/c1-12-11-15(14-7-5-4-6-8-14)13(2)17(12)16(18)9-10-19-3/h4-8,12-13,15H,9-11H2,1-3H3/t12-,13-,15-/m1/s1. The molecule has 1 aliphatic heterocycles. The monoisotopic (exact) mass is 261 g/mol. The van der Waals surface area contributed by atoms with Crippen molar-refractivity contribution in [3.05, 3.63) is 35.9 Å². The summed E-state index contributed by atoms with van der Waals surface area (Å²) in [6.07, 6.45) is 1.52. The van der Waals surface area contributed by atoms with Crippen molar-refractivity contribution in [2.45, 2.75) is 44.7 Å². The molecule has 0 spiro atoms. The van der Waals surface area contributed by atoms with E-state index in [1.54, 1.807) is 7.11 Å². The van der Waals surface area contributed by atoms with Crippen molar-refractivity contribution in [2.24, 2.45) is 0 Å². The second-order valence-electron chi connectivity index (χ2n) is 5.39. The van der Waals surface area contributed by atoms with Crippen molar-refractivity contribution in [2.75, 3.05) is 13.7 Å². The Balaban J connectivity index is 2.10. The minimum Gasteiger partial charge on any atom is -0.384 e. The number of hydrogen-bond acceptors (Lipinski definition) is 2. The van der Waals surface area contributed by atoms with Gasteiger partial charge in [0.2, 0.25) is 5.91 Å². The molecule has 0 aromatic heterocycles. The molecule has 2 rings (SSSR count). The number of amides is 1. The lowest BCUT2D eigenvalue weighted by Crippen LogP contribution is -2.39. The number of rotatable bonds is 4. The number of carbonyl (C=O) groups excluding carboxylic acids is 1. The summed E-state index contributed by atoms with van der Waals surface area (Å²) >= 11 is 0. The van der Waals surface area contributed by atoms with Gasteiger partial charge in [-0.15, -0.1) is 0 Å². The molecular formula is C16H23NO2. The summed E-state index contributed by atoms with van der Waals surface area (Å²) in [5.41, 5.74) is 1.34. The zero-order valence-corrected chi connectivity index (χ0v) is 12.0. The zero-order valence-electron chi connectivity index (χ0n) is 12.0. The van der Waals surface area contributed by atoms with E-state index in [4.69, 9.17) is 4.74 Å². The van der Waals surface area contributed by atoms with Gasteiger partial charge in [0, 0.05) is 25.1 Å². The van der Waals surface area contributed by atoms with Crippen LogP contribution in [0, 0.1) is 0 Å². The molecule has 1 aromatic carbocycles. The first kappa shape index (κ1) is 14.1. The van der Waals surface area contributed by atoms with E-state index in [0.717, 1.165) is 6.42 Å². The van der Waals surface area contributed by atoms with Crippen molar-refractivity contribution in [3.8, 4) is 0 Å². The van der Waals surface area contributed by atoms with Crippen LogP contribution in [0.5, 0.6) is 0 Å². The molecule has 1 aliphatic rings. The summed E-state index contributed by atoms with van der Waals surface area (Å²) in [4.78, 5) is 14.3. The Morgan fingerprint density at radius 2 is 2.00 bits per heavy atom. The SMILES string of the molecule is COCCC(=O)N1[C@H](C)C[C@@H](c2ccccc2)[C@H]1C. The van der Waals surface area contributed by atoms with E-state index in [2.05, 4.69) is 38.1 Å². The molecular weight excluding hydrogens is 238 g/mol. The first-order valence-corrected chi connectivity index (χ1v) is 7.00. The van der Waals surface area contributed by atoms with Crippen LogP contribution in [0.25, 0.3) is 0 Å². The van der Waals surface area contributed by atoms with Gasteiger partial charge in [-0.25, -0.2) is 0 Å². The van der Waals surface area contributed by atoms with Crippen molar-refractivity contribution < 1.29 is 9.53 Å². The Morgan fingerprint density at radius 1 is 1.32 bits per heavy atom. The van der Waals surface area contributed by atoms with E-state index in [1.165, 1.54) is 5.56 Å². The Morgan fingerprint density at radius 3 is 2.63 bits per heavy atom. The fourth-order valence-electron chi connectivity index (χ4n) is 3.18. The average Bonchev–Trinajstić information content (AvgIpc) is 2.72. The smallest absolute Gasteiger partial charge is 0.225 e. The molecule has 1 fully saturated rings. The highest BCUT2D eigenvalue weighted by atomic mass is 16.5. The second kappa shape index (κ2) is 6.20. The van der Waals surface area contributed by atoms with E-state index < -0.39 is 0 Å². The van der Waals surface area contributed by atoms with E-state index >= 15 is 0 Å². The summed E-state index contributed by atoms with van der Waals surface area (Å²) < 4.78 is 5.01. The highest BCUT2D eigenvalue weighted by Gasteiger charge is 2.39. The third kappa shape index (κ3) is 2.98. The van der Waals surface area contributed by atoms with Gasteiger partial charge in [-0.05, 0) is 25.8 Å². The van der Waals surface area contributed by atoms with Crippen LogP contribution >= 0.6 is 0 Å². The first-order valence-electron chi connectivity index (χ1n) is 7.00. The quantitative estimate of drug-likeness (QED) is 0.834. The summed E-state index contributed by atoms with van der Waals surface area (Å²) in [7, 11) is 1.64. The Bertz CT molecular complexity index is 418. The van der Waals surface area contributed by atoms with Gasteiger partial charge in [0.1, 0.15) is 0 Å². The Labute approximate surface area is 115 Å². The molecule has 1 heterocycles. The maximum atomic E-state index is 12.2. The zero-order chi connectivity index (χ0) is 13.8. The third-order valence-corrected chi connectivity index (χ3v) is 4.13. The van der Waals surface area contributed by atoms with E-state index in [-0.39, 0.29) is 11.9 Å². The van der Waals surface area contributed by atoms with Crippen LogP contribution in [-0.4, -0.2) is 36.6 Å². The number of ether oxygens (including phenoxy) is 1. The largest absolute Gasteiger partial charge is 0.384 e. The van der Waals surface area contributed by atoms with Crippen LogP contribution in [0.4, 0.5) is 0 Å². The lowest BCUT2D eigenvalue weighted by molar-refractivity contribution is -0.134. The van der Waals surface area contributed by atoms with Crippen LogP contribution in [0.15, 0.2) is 30.3 Å². The lowest BCUT2D eigenvalue weighted by atomic mass is 9.92. The molecule has 104 valence electrons. The van der Waals surface area contributed by atoms with E-state index in [9.17, 15) is 4.79 Å². The first-order chi connectivity index (χ1) is 9.15. The summed E-state index contributed by atoms with van der Waals surface area (Å²) in [6, 6.07) is 11.1. The summed E-state index contributed by atoms with van der Waals surface area (Å²) in [6.45, 7) is 4.81. The molecule has 3 heteroatoms. The van der Waals surface area contributed by atoms with E-state index in [1.807, 2.05) is 11.0 Å². The van der Waals surface area contributed by atoms with Gasteiger partial charge in [0.05, 0.1) is 13.0 Å². The van der Waals surface area contributed by atoms with Gasteiger partial charge in [-0.1, -0.05) is 30.3 Å². The number of likely N-dealkylation sites (tertiary alicyclic amines) is 1. The lowest BCUT2D eigenvalue weighted by Gasteiger charge is -2.28. The van der Waals surface area contributed by atoms with Crippen molar-refractivity contribution in [1.82, 2.24) is 4.90 Å². The van der Waals surface area contributed by atoms with Crippen molar-refractivity contribution in [3.63, 3.8) is 0 Å². The predicted octanol–water partition coefficient (Wildman–Crippen LogP) is 2.82. The molecule has 3 atom stereocenters. The second-order valence-corrected chi connectivity index (χ2v) is 5.39. The molecule has 0 bridgehead atoms. The molecule has 0 saturated carbocycles. The van der Waals surface area contributed by atoms with Crippen LogP contribution in [0.1, 0.15) is 38.2 Å². The fraction of sp³-hybridized carbons (Fsp3) is 0.562. The molecule has 3 nitrogen and oxygen atoms in total. The average molecular weight is 261 g/mol. The number of benzene rings is 1. The fourth-order valence-corrected chi connectivity index (χ4v) is 3.18. The van der Waals surface area contributed by atoms with Gasteiger partial charge in [-0.3, -0.25) is 4.79 Å². The Hall–Kier alpha value is -1.35. The van der Waals surface area contributed by atoms with Crippen LogP contribution in [0.2, 0.25) is 0 Å². The molecule has 19 heavy (non-hydrogen) atoms. The molecule has 0 N–H and O–H groups in total. The molecule has 1 saturated heterocycles. The maximum Gasteiger partial charge on any atom is 0.225 e. The minimum atomic E-state index is 0.209. The number of carbonyl (C=O) groups is 1. The number of methoxy groups -OCH3 is 1. The number of hydrogen-bond donors (Lipinski definition) is 0. The molecule has 0 unspecified atom stereocenters. The topological polar surface area (TPSA) is 29.5 Å².